The number of fused-ring (bicyclic) bond motifs is 1. The molecule has 0 aliphatic carbocycles. The summed E-state index contributed by atoms with van der Waals surface area (Å²) in [5.74, 6) is -0.0170. The Hall–Kier alpha value is -3.98. The van der Waals surface area contributed by atoms with Gasteiger partial charge in [0.25, 0.3) is 5.91 Å². The summed E-state index contributed by atoms with van der Waals surface area (Å²) in [6, 6.07) is 34.3. The minimum atomic E-state index is -0.177. The highest BCUT2D eigenvalue weighted by atomic mass is 16.2. The number of hydrogen-bond acceptors (Lipinski definition) is 2. The molecule has 33 heavy (non-hydrogen) atoms. The average Bonchev–Trinajstić information content (AvgIpc) is 3.02. The average molecular weight is 431 g/mol. The Labute approximate surface area is 195 Å². The first-order valence-electron chi connectivity index (χ1n) is 11.3. The highest BCUT2D eigenvalue weighted by Crippen LogP contribution is 2.41. The number of benzene rings is 4. The number of anilines is 1. The van der Waals surface area contributed by atoms with Gasteiger partial charge >= 0.3 is 0 Å². The number of rotatable bonds is 3. The molecule has 1 heterocycles. The number of carbonyl (C=O) groups excluding carboxylic acids is 1. The Bertz CT molecular complexity index is 1310. The van der Waals surface area contributed by atoms with Gasteiger partial charge in [0.1, 0.15) is 0 Å². The Morgan fingerprint density at radius 3 is 2.06 bits per heavy atom. The van der Waals surface area contributed by atoms with Gasteiger partial charge in [-0.25, -0.2) is 0 Å². The topological polar surface area (TPSA) is 32.7 Å². The van der Waals surface area contributed by atoms with Crippen molar-refractivity contribution in [1.82, 2.24) is 0 Å². The number of nitrogens with zero attached hydrogens (tertiary/aromatic N) is 2. The van der Waals surface area contributed by atoms with Gasteiger partial charge in [-0.1, -0.05) is 90.0 Å². The first kappa shape index (κ1) is 20.9. The van der Waals surface area contributed by atoms with Crippen LogP contribution in [-0.2, 0) is 0 Å². The van der Waals surface area contributed by atoms with E-state index in [1.807, 2.05) is 78.6 Å². The van der Waals surface area contributed by atoms with Crippen molar-refractivity contribution < 1.29 is 4.79 Å². The molecule has 0 bridgehead atoms. The summed E-state index contributed by atoms with van der Waals surface area (Å²) in [4.78, 5) is 21.0. The fourth-order valence-corrected chi connectivity index (χ4v) is 4.35. The van der Waals surface area contributed by atoms with Gasteiger partial charge in [0.15, 0.2) is 0 Å². The van der Waals surface area contributed by atoms with Gasteiger partial charge in [-0.15, -0.1) is 0 Å². The van der Waals surface area contributed by atoms with Crippen molar-refractivity contribution in [2.75, 3.05) is 4.90 Å². The Kier molecular flexibility index (Phi) is 5.62. The second kappa shape index (κ2) is 8.87. The Balaban J connectivity index is 1.68. The van der Waals surface area contributed by atoms with E-state index in [1.165, 1.54) is 5.56 Å². The fourth-order valence-electron chi connectivity index (χ4n) is 4.35. The smallest absolute Gasteiger partial charge is 0.258 e. The molecule has 162 valence electrons. The third-order valence-electron chi connectivity index (χ3n) is 6.18. The molecule has 0 aromatic heterocycles. The molecule has 3 heteroatoms. The third kappa shape index (κ3) is 4.22. The molecule has 0 unspecified atom stereocenters. The van der Waals surface area contributed by atoms with Crippen LogP contribution in [0.5, 0.6) is 0 Å². The van der Waals surface area contributed by atoms with E-state index in [-0.39, 0.29) is 11.9 Å². The highest BCUT2D eigenvalue weighted by Gasteiger charge is 2.33. The largest absolute Gasteiger partial charge is 0.298 e. The number of aliphatic imine (C=N–C) groups is 1. The molecule has 5 rings (SSSR count). The zero-order valence-electron chi connectivity index (χ0n) is 18.9. The van der Waals surface area contributed by atoms with E-state index in [1.54, 1.807) is 0 Å². The molecule has 4 aromatic rings. The number of carbonyl (C=O) groups is 1. The van der Waals surface area contributed by atoms with Gasteiger partial charge < -0.3 is 0 Å². The minimum Gasteiger partial charge on any atom is -0.298 e. The zero-order valence-corrected chi connectivity index (χ0v) is 18.9. The van der Waals surface area contributed by atoms with Crippen LogP contribution in [0.4, 0.5) is 11.4 Å². The third-order valence-corrected chi connectivity index (χ3v) is 6.18. The maximum Gasteiger partial charge on any atom is 0.258 e. The van der Waals surface area contributed by atoms with Crippen LogP contribution in [0.1, 0.15) is 45.1 Å². The van der Waals surface area contributed by atoms with Crippen LogP contribution < -0.4 is 4.90 Å². The van der Waals surface area contributed by atoms with Gasteiger partial charge in [-0.2, -0.15) is 0 Å². The standard InChI is InChI=1S/C30H26N2O/c1-21-12-16-23(17-13-21)27-20-29(24-8-4-3-5-9-24)32(28-11-7-6-10-26(28)31-27)30(33)25-18-14-22(2)15-19-25/h3-19,29H,20H2,1-2H3/t29-/m0/s1. The van der Waals surface area contributed by atoms with E-state index in [0.717, 1.165) is 33.8 Å². The summed E-state index contributed by atoms with van der Waals surface area (Å²) in [7, 11) is 0. The predicted molar refractivity (Wildman–Crippen MR) is 136 cm³/mol. The van der Waals surface area contributed by atoms with Crippen LogP contribution in [0, 0.1) is 13.8 Å². The van der Waals surface area contributed by atoms with Crippen LogP contribution >= 0.6 is 0 Å². The normalized spacial score (nSPS) is 15.4. The first-order valence-corrected chi connectivity index (χ1v) is 11.3. The lowest BCUT2D eigenvalue weighted by atomic mass is 9.95. The first-order chi connectivity index (χ1) is 16.1. The molecule has 4 aromatic carbocycles. The molecule has 0 N–H and O–H groups in total. The number of amides is 1. The summed E-state index contributed by atoms with van der Waals surface area (Å²) in [5.41, 5.74) is 7.82. The van der Waals surface area contributed by atoms with E-state index >= 15 is 0 Å². The van der Waals surface area contributed by atoms with Gasteiger partial charge in [0.2, 0.25) is 0 Å². The molecule has 1 aliphatic heterocycles. The molecule has 3 nitrogen and oxygen atoms in total. The molecule has 0 spiro atoms. The second-order valence-electron chi connectivity index (χ2n) is 8.59. The lowest BCUT2D eigenvalue weighted by Gasteiger charge is -2.32. The van der Waals surface area contributed by atoms with Crippen molar-refractivity contribution in [2.45, 2.75) is 26.3 Å². The monoisotopic (exact) mass is 430 g/mol. The van der Waals surface area contributed by atoms with Gasteiger partial charge in [0.05, 0.1) is 23.1 Å². The summed E-state index contributed by atoms with van der Waals surface area (Å²) in [6.07, 6.45) is 0.624. The molecule has 1 amide bonds. The minimum absolute atomic E-state index is 0.0170. The lowest BCUT2D eigenvalue weighted by molar-refractivity contribution is 0.0977. The summed E-state index contributed by atoms with van der Waals surface area (Å²) < 4.78 is 0. The van der Waals surface area contributed by atoms with Crippen molar-refractivity contribution in [1.29, 1.82) is 0 Å². The lowest BCUT2D eigenvalue weighted by Crippen LogP contribution is -2.35. The van der Waals surface area contributed by atoms with Crippen molar-refractivity contribution >= 4 is 23.0 Å². The van der Waals surface area contributed by atoms with Gasteiger partial charge in [-0.3, -0.25) is 14.7 Å². The van der Waals surface area contributed by atoms with Crippen LogP contribution in [0.15, 0.2) is 108 Å². The van der Waals surface area contributed by atoms with Crippen molar-refractivity contribution in [3.8, 4) is 0 Å². The molecule has 0 saturated heterocycles. The SMILES string of the molecule is Cc1ccc(C(=O)N2c3ccccc3N=C(c3ccc(C)cc3)C[C@H]2c2ccccc2)cc1. The van der Waals surface area contributed by atoms with Crippen molar-refractivity contribution in [2.24, 2.45) is 4.99 Å². The van der Waals surface area contributed by atoms with Crippen LogP contribution in [0.2, 0.25) is 0 Å². The molecule has 0 radical (unpaired) electrons. The van der Waals surface area contributed by atoms with Gasteiger partial charge in [-0.05, 0) is 49.2 Å². The highest BCUT2D eigenvalue weighted by molar-refractivity contribution is 6.11. The summed E-state index contributed by atoms with van der Waals surface area (Å²) in [6.45, 7) is 4.12. The number of aryl methyl sites for hydroxylation is 2. The predicted octanol–water partition coefficient (Wildman–Crippen LogP) is 7.22. The molecule has 1 atom stereocenters. The fraction of sp³-hybridized carbons (Fsp3) is 0.133. The Morgan fingerprint density at radius 2 is 1.36 bits per heavy atom. The Morgan fingerprint density at radius 1 is 0.758 bits per heavy atom. The van der Waals surface area contributed by atoms with Crippen LogP contribution in [0.25, 0.3) is 0 Å². The maximum absolute atomic E-state index is 14.0. The van der Waals surface area contributed by atoms with Crippen molar-refractivity contribution in [3.05, 3.63) is 131 Å². The molecular weight excluding hydrogens is 404 g/mol. The molecular formula is C30H26N2O. The van der Waals surface area contributed by atoms with E-state index in [9.17, 15) is 4.79 Å². The quantitative estimate of drug-likeness (QED) is 0.338. The molecule has 1 aliphatic rings. The summed E-state index contributed by atoms with van der Waals surface area (Å²) >= 11 is 0. The van der Waals surface area contributed by atoms with Crippen LogP contribution in [-0.4, -0.2) is 11.6 Å². The number of hydrogen-bond donors (Lipinski definition) is 0. The zero-order chi connectivity index (χ0) is 22.8. The van der Waals surface area contributed by atoms with E-state index in [0.29, 0.717) is 12.0 Å². The summed E-state index contributed by atoms with van der Waals surface area (Å²) in [5, 5.41) is 0. The van der Waals surface area contributed by atoms with E-state index in [2.05, 4.69) is 43.3 Å². The van der Waals surface area contributed by atoms with Gasteiger partial charge in [0, 0.05) is 12.0 Å². The second-order valence-corrected chi connectivity index (χ2v) is 8.59. The maximum atomic E-state index is 14.0. The number of para-hydroxylation sites is 2. The molecule has 0 fully saturated rings. The molecule has 0 saturated carbocycles. The van der Waals surface area contributed by atoms with Crippen LogP contribution in [0.3, 0.4) is 0 Å². The van der Waals surface area contributed by atoms with E-state index in [4.69, 9.17) is 4.99 Å². The van der Waals surface area contributed by atoms with E-state index < -0.39 is 0 Å². The van der Waals surface area contributed by atoms with Crippen molar-refractivity contribution in [3.63, 3.8) is 0 Å².